The molecule has 1 aromatic heterocycles. The minimum Gasteiger partial charge on any atom is -0.329 e. The molecular weight excluding hydrogens is 224 g/mol. The molecule has 1 atom stereocenters. The first-order chi connectivity index (χ1) is 5.27. The Bertz CT molecular complexity index is 220. The topological polar surface area (TPSA) is 38.0 Å². The third-order valence-corrected chi connectivity index (χ3v) is 3.26. The Kier molecular flexibility index (Phi) is 3.51. The average molecular weight is 235 g/mol. The average Bonchev–Trinajstić information content (AvgIpc) is 2.39. The molecule has 2 nitrogen and oxygen atoms in total. The standard InChI is InChI=1S/C7H11BrN2S/c1-10-5(4-9)6-2-3-7(8)11-6/h2-3,5,10H,4,9H2,1H3. The first-order valence-corrected chi connectivity index (χ1v) is 5.01. The number of nitrogens with two attached hydrogens (primary N) is 1. The molecule has 3 N–H and O–H groups in total. The molecule has 1 rings (SSSR count). The van der Waals surface area contributed by atoms with E-state index >= 15 is 0 Å². The van der Waals surface area contributed by atoms with Crippen LogP contribution >= 0.6 is 27.3 Å². The predicted octanol–water partition coefficient (Wildman–Crippen LogP) is 1.73. The normalized spacial score (nSPS) is 13.4. The molecule has 0 bridgehead atoms. The molecular formula is C7H11BrN2S. The molecule has 1 aromatic rings. The van der Waals surface area contributed by atoms with Crippen molar-refractivity contribution in [2.75, 3.05) is 13.6 Å². The van der Waals surface area contributed by atoms with E-state index in [0.29, 0.717) is 12.6 Å². The van der Waals surface area contributed by atoms with Crippen molar-refractivity contribution < 1.29 is 0 Å². The maximum Gasteiger partial charge on any atom is 0.0702 e. The molecule has 0 spiro atoms. The van der Waals surface area contributed by atoms with Crippen LogP contribution in [-0.4, -0.2) is 13.6 Å². The summed E-state index contributed by atoms with van der Waals surface area (Å²) in [5.41, 5.74) is 5.55. The molecule has 11 heavy (non-hydrogen) atoms. The van der Waals surface area contributed by atoms with Crippen LogP contribution in [0.3, 0.4) is 0 Å². The van der Waals surface area contributed by atoms with E-state index in [1.165, 1.54) is 4.88 Å². The van der Waals surface area contributed by atoms with Crippen molar-refractivity contribution in [3.05, 3.63) is 20.8 Å². The zero-order chi connectivity index (χ0) is 8.27. The van der Waals surface area contributed by atoms with Gasteiger partial charge in [0.25, 0.3) is 0 Å². The van der Waals surface area contributed by atoms with E-state index in [-0.39, 0.29) is 0 Å². The number of halogens is 1. The summed E-state index contributed by atoms with van der Waals surface area (Å²) in [6.07, 6.45) is 0. The van der Waals surface area contributed by atoms with Gasteiger partial charge in [-0.1, -0.05) is 0 Å². The van der Waals surface area contributed by atoms with Crippen LogP contribution in [0.25, 0.3) is 0 Å². The van der Waals surface area contributed by atoms with Gasteiger partial charge in [-0.15, -0.1) is 11.3 Å². The number of thiophene rings is 1. The minimum atomic E-state index is 0.297. The van der Waals surface area contributed by atoms with Crippen LogP contribution in [0, 0.1) is 0 Å². The van der Waals surface area contributed by atoms with Crippen LogP contribution in [0.15, 0.2) is 15.9 Å². The monoisotopic (exact) mass is 234 g/mol. The lowest BCUT2D eigenvalue weighted by Gasteiger charge is -2.10. The number of hydrogen-bond acceptors (Lipinski definition) is 3. The van der Waals surface area contributed by atoms with Crippen molar-refractivity contribution in [1.82, 2.24) is 5.32 Å². The maximum atomic E-state index is 5.55. The fourth-order valence-corrected chi connectivity index (χ4v) is 2.44. The molecule has 1 unspecified atom stereocenters. The summed E-state index contributed by atoms with van der Waals surface area (Å²) < 4.78 is 1.15. The largest absolute Gasteiger partial charge is 0.329 e. The zero-order valence-corrected chi connectivity index (χ0v) is 8.71. The summed E-state index contributed by atoms with van der Waals surface area (Å²) in [5, 5.41) is 3.15. The highest BCUT2D eigenvalue weighted by Gasteiger charge is 2.08. The molecule has 4 heteroatoms. The SMILES string of the molecule is CNC(CN)c1ccc(Br)s1. The van der Waals surface area contributed by atoms with E-state index in [2.05, 4.69) is 27.3 Å². The van der Waals surface area contributed by atoms with Crippen LogP contribution in [0.2, 0.25) is 0 Å². The van der Waals surface area contributed by atoms with E-state index in [1.807, 2.05) is 13.1 Å². The Hall–Kier alpha value is 0.1000. The van der Waals surface area contributed by atoms with Gasteiger partial charge in [-0.25, -0.2) is 0 Å². The summed E-state index contributed by atoms with van der Waals surface area (Å²) in [6, 6.07) is 4.43. The van der Waals surface area contributed by atoms with Crippen molar-refractivity contribution in [1.29, 1.82) is 0 Å². The number of likely N-dealkylation sites (N-methyl/N-ethyl adjacent to an activating group) is 1. The van der Waals surface area contributed by atoms with Gasteiger partial charge < -0.3 is 11.1 Å². The fourth-order valence-electron chi connectivity index (χ4n) is 0.892. The van der Waals surface area contributed by atoms with Crippen molar-refractivity contribution in [2.45, 2.75) is 6.04 Å². The predicted molar refractivity (Wildman–Crippen MR) is 52.9 cm³/mol. The summed E-state index contributed by atoms with van der Waals surface area (Å²) >= 11 is 5.13. The van der Waals surface area contributed by atoms with Crippen LogP contribution in [0.1, 0.15) is 10.9 Å². The highest BCUT2D eigenvalue weighted by molar-refractivity contribution is 9.11. The number of hydrogen-bond donors (Lipinski definition) is 2. The van der Waals surface area contributed by atoms with Gasteiger partial charge in [0.2, 0.25) is 0 Å². The second-order valence-corrected chi connectivity index (χ2v) is 4.71. The molecule has 0 aliphatic rings. The quantitative estimate of drug-likeness (QED) is 0.837. The Morgan fingerprint density at radius 1 is 1.73 bits per heavy atom. The van der Waals surface area contributed by atoms with Crippen molar-refractivity contribution in [3.63, 3.8) is 0 Å². The highest BCUT2D eigenvalue weighted by atomic mass is 79.9. The zero-order valence-electron chi connectivity index (χ0n) is 6.30. The van der Waals surface area contributed by atoms with Crippen LogP contribution in [0.4, 0.5) is 0 Å². The summed E-state index contributed by atoms with van der Waals surface area (Å²) in [4.78, 5) is 1.28. The van der Waals surface area contributed by atoms with Gasteiger partial charge in [0.15, 0.2) is 0 Å². The summed E-state index contributed by atoms with van der Waals surface area (Å²) in [6.45, 7) is 0.642. The van der Waals surface area contributed by atoms with Gasteiger partial charge in [0, 0.05) is 11.4 Å². The third kappa shape index (κ3) is 2.27. The first kappa shape index (κ1) is 9.19. The van der Waals surface area contributed by atoms with Crippen LogP contribution < -0.4 is 11.1 Å². The molecule has 0 aliphatic heterocycles. The molecule has 0 aromatic carbocycles. The van der Waals surface area contributed by atoms with E-state index in [1.54, 1.807) is 11.3 Å². The maximum absolute atomic E-state index is 5.55. The van der Waals surface area contributed by atoms with Gasteiger partial charge in [0.1, 0.15) is 0 Å². The van der Waals surface area contributed by atoms with Crippen molar-refractivity contribution >= 4 is 27.3 Å². The van der Waals surface area contributed by atoms with E-state index in [9.17, 15) is 0 Å². The van der Waals surface area contributed by atoms with Crippen molar-refractivity contribution in [2.24, 2.45) is 5.73 Å². The van der Waals surface area contributed by atoms with E-state index in [4.69, 9.17) is 5.73 Å². The Morgan fingerprint density at radius 2 is 2.45 bits per heavy atom. The lowest BCUT2D eigenvalue weighted by atomic mass is 10.2. The van der Waals surface area contributed by atoms with E-state index in [0.717, 1.165) is 3.79 Å². The highest BCUT2D eigenvalue weighted by Crippen LogP contribution is 2.26. The smallest absolute Gasteiger partial charge is 0.0702 e. The molecule has 0 aliphatic carbocycles. The molecule has 62 valence electrons. The van der Waals surface area contributed by atoms with Gasteiger partial charge in [-0.3, -0.25) is 0 Å². The Morgan fingerprint density at radius 3 is 2.82 bits per heavy atom. The Balaban J connectivity index is 2.73. The molecule has 0 saturated carbocycles. The second kappa shape index (κ2) is 4.21. The third-order valence-electron chi connectivity index (χ3n) is 1.52. The lowest BCUT2D eigenvalue weighted by Crippen LogP contribution is -2.23. The second-order valence-electron chi connectivity index (χ2n) is 2.22. The van der Waals surface area contributed by atoms with Gasteiger partial charge >= 0.3 is 0 Å². The van der Waals surface area contributed by atoms with Gasteiger partial charge in [-0.2, -0.15) is 0 Å². The molecule has 0 saturated heterocycles. The fraction of sp³-hybridized carbons (Fsp3) is 0.429. The summed E-state index contributed by atoms with van der Waals surface area (Å²) in [5.74, 6) is 0. The van der Waals surface area contributed by atoms with Gasteiger partial charge in [-0.05, 0) is 35.1 Å². The molecule has 0 fully saturated rings. The minimum absolute atomic E-state index is 0.297. The van der Waals surface area contributed by atoms with Crippen LogP contribution in [0.5, 0.6) is 0 Å². The molecule has 0 radical (unpaired) electrons. The molecule has 1 heterocycles. The lowest BCUT2D eigenvalue weighted by molar-refractivity contribution is 0.616. The number of nitrogens with one attached hydrogen (secondary N) is 1. The van der Waals surface area contributed by atoms with E-state index < -0.39 is 0 Å². The first-order valence-electron chi connectivity index (χ1n) is 3.40. The summed E-state index contributed by atoms with van der Waals surface area (Å²) in [7, 11) is 1.92. The van der Waals surface area contributed by atoms with Crippen molar-refractivity contribution in [3.8, 4) is 0 Å². The van der Waals surface area contributed by atoms with Crippen LogP contribution in [-0.2, 0) is 0 Å². The molecule has 0 amide bonds. The van der Waals surface area contributed by atoms with Gasteiger partial charge in [0.05, 0.1) is 9.83 Å². The number of rotatable bonds is 3. The Labute approximate surface area is 78.9 Å².